The van der Waals surface area contributed by atoms with Gasteiger partial charge in [0.25, 0.3) is 0 Å². The van der Waals surface area contributed by atoms with Crippen molar-refractivity contribution < 1.29 is 0 Å². The second-order valence-electron chi connectivity index (χ2n) is 2.88. The van der Waals surface area contributed by atoms with E-state index >= 15 is 0 Å². The molecule has 0 heterocycles. The Balaban J connectivity index is 2.77. The van der Waals surface area contributed by atoms with E-state index in [1.54, 1.807) is 0 Å². The summed E-state index contributed by atoms with van der Waals surface area (Å²) in [5.74, 6) is 0.700. The molecule has 1 aromatic carbocycles. The molecule has 0 spiro atoms. The number of rotatable bonds is 3. The van der Waals surface area contributed by atoms with Crippen LogP contribution >= 0.6 is 12.6 Å². The van der Waals surface area contributed by atoms with Crippen LogP contribution in [0.4, 0.5) is 0 Å². The second kappa shape index (κ2) is 4.53. The van der Waals surface area contributed by atoms with Gasteiger partial charge in [-0.05, 0) is 17.5 Å². The van der Waals surface area contributed by atoms with Crippen molar-refractivity contribution in [2.24, 2.45) is 5.73 Å². The molecule has 0 aliphatic heterocycles. The quantitative estimate of drug-likeness (QED) is 0.687. The Bertz CT molecular complexity index is 230. The zero-order chi connectivity index (χ0) is 8.97. The number of hydrogen-bond acceptors (Lipinski definition) is 2. The van der Waals surface area contributed by atoms with Gasteiger partial charge in [-0.25, -0.2) is 0 Å². The lowest BCUT2D eigenvalue weighted by Gasteiger charge is -2.08. The average Bonchev–Trinajstić information content (AvgIpc) is 2.17. The molecule has 0 fully saturated rings. The molecule has 66 valence electrons. The van der Waals surface area contributed by atoms with Crippen LogP contribution in [-0.4, -0.2) is 5.75 Å². The summed E-state index contributed by atoms with van der Waals surface area (Å²) >= 11 is 4.15. The highest BCUT2D eigenvalue weighted by molar-refractivity contribution is 7.80. The smallest absolute Gasteiger partial charge is 0.0384 e. The number of aryl methyl sites for hydroxylation is 1. The van der Waals surface area contributed by atoms with E-state index in [4.69, 9.17) is 5.73 Å². The van der Waals surface area contributed by atoms with E-state index in [1.165, 1.54) is 11.1 Å². The fourth-order valence-corrected chi connectivity index (χ4v) is 1.32. The molecule has 0 amide bonds. The zero-order valence-electron chi connectivity index (χ0n) is 7.33. The van der Waals surface area contributed by atoms with Gasteiger partial charge >= 0.3 is 0 Å². The Morgan fingerprint density at radius 3 is 2.33 bits per heavy atom. The van der Waals surface area contributed by atoms with Gasteiger partial charge in [-0.3, -0.25) is 0 Å². The first-order chi connectivity index (χ1) is 5.77. The van der Waals surface area contributed by atoms with Gasteiger partial charge in [0.15, 0.2) is 0 Å². The maximum Gasteiger partial charge on any atom is 0.0384 e. The van der Waals surface area contributed by atoms with E-state index in [-0.39, 0.29) is 6.04 Å². The SMILES string of the molecule is CCc1ccc(C(N)CS)cc1. The molecule has 0 aromatic heterocycles. The monoisotopic (exact) mass is 181 g/mol. The number of hydrogen-bond donors (Lipinski definition) is 2. The van der Waals surface area contributed by atoms with Crippen LogP contribution in [0.5, 0.6) is 0 Å². The molecule has 1 aromatic rings. The molecule has 12 heavy (non-hydrogen) atoms. The molecule has 2 N–H and O–H groups in total. The van der Waals surface area contributed by atoms with E-state index in [1.807, 2.05) is 0 Å². The van der Waals surface area contributed by atoms with Gasteiger partial charge in [0.1, 0.15) is 0 Å². The molecule has 1 rings (SSSR count). The van der Waals surface area contributed by atoms with Crippen molar-refractivity contribution in [3.8, 4) is 0 Å². The molecule has 1 nitrogen and oxygen atoms in total. The van der Waals surface area contributed by atoms with Gasteiger partial charge in [-0.2, -0.15) is 12.6 Å². The van der Waals surface area contributed by atoms with Crippen molar-refractivity contribution in [1.82, 2.24) is 0 Å². The van der Waals surface area contributed by atoms with Gasteiger partial charge in [0.05, 0.1) is 0 Å². The topological polar surface area (TPSA) is 26.0 Å². The lowest BCUT2D eigenvalue weighted by Crippen LogP contribution is -2.11. The van der Waals surface area contributed by atoms with Crippen molar-refractivity contribution in [3.63, 3.8) is 0 Å². The lowest BCUT2D eigenvalue weighted by atomic mass is 10.1. The van der Waals surface area contributed by atoms with Crippen LogP contribution in [0.15, 0.2) is 24.3 Å². The first-order valence-corrected chi connectivity index (χ1v) is 4.86. The summed E-state index contributed by atoms with van der Waals surface area (Å²) in [5, 5.41) is 0. The van der Waals surface area contributed by atoms with Crippen LogP contribution in [0.2, 0.25) is 0 Å². The molecule has 2 heteroatoms. The molecule has 0 aliphatic carbocycles. The molecule has 0 saturated heterocycles. The fourth-order valence-electron chi connectivity index (χ4n) is 1.11. The Labute approximate surface area is 79.4 Å². The summed E-state index contributed by atoms with van der Waals surface area (Å²) in [6.45, 7) is 2.15. The Hall–Kier alpha value is -0.470. The van der Waals surface area contributed by atoms with E-state index in [0.29, 0.717) is 5.75 Å². The summed E-state index contributed by atoms with van der Waals surface area (Å²) in [5.41, 5.74) is 8.33. The van der Waals surface area contributed by atoms with E-state index in [2.05, 4.69) is 43.8 Å². The number of thiol groups is 1. The molecular formula is C10H15NS. The predicted octanol–water partition coefficient (Wildman–Crippen LogP) is 2.18. The van der Waals surface area contributed by atoms with E-state index < -0.39 is 0 Å². The third-order valence-corrected chi connectivity index (χ3v) is 2.41. The number of nitrogens with two attached hydrogens (primary N) is 1. The second-order valence-corrected chi connectivity index (χ2v) is 3.25. The summed E-state index contributed by atoms with van der Waals surface area (Å²) in [6.07, 6.45) is 1.08. The van der Waals surface area contributed by atoms with Crippen LogP contribution < -0.4 is 5.73 Å². The summed E-state index contributed by atoms with van der Waals surface area (Å²) in [7, 11) is 0. The third kappa shape index (κ3) is 2.26. The maximum atomic E-state index is 5.81. The van der Waals surface area contributed by atoms with E-state index in [0.717, 1.165) is 6.42 Å². The summed E-state index contributed by atoms with van der Waals surface area (Å²) in [6, 6.07) is 8.48. The highest BCUT2D eigenvalue weighted by Crippen LogP contribution is 2.12. The summed E-state index contributed by atoms with van der Waals surface area (Å²) < 4.78 is 0. The Morgan fingerprint density at radius 2 is 1.92 bits per heavy atom. The number of benzene rings is 1. The standard InChI is InChI=1S/C10H15NS/c1-2-8-3-5-9(6-4-8)10(11)7-12/h3-6,10,12H,2,7,11H2,1H3. The Morgan fingerprint density at radius 1 is 1.33 bits per heavy atom. The average molecular weight is 181 g/mol. The van der Waals surface area contributed by atoms with Crippen molar-refractivity contribution in [2.75, 3.05) is 5.75 Å². The van der Waals surface area contributed by atoms with Crippen molar-refractivity contribution >= 4 is 12.6 Å². The first-order valence-electron chi connectivity index (χ1n) is 4.23. The van der Waals surface area contributed by atoms with Crippen molar-refractivity contribution in [3.05, 3.63) is 35.4 Å². The normalized spacial score (nSPS) is 12.9. The van der Waals surface area contributed by atoms with Gasteiger partial charge in [0.2, 0.25) is 0 Å². The minimum atomic E-state index is 0.0687. The third-order valence-electron chi connectivity index (χ3n) is 2.01. The van der Waals surface area contributed by atoms with Crippen LogP contribution in [0.3, 0.4) is 0 Å². The molecule has 0 radical (unpaired) electrons. The fraction of sp³-hybridized carbons (Fsp3) is 0.400. The van der Waals surface area contributed by atoms with Gasteiger partial charge in [-0.15, -0.1) is 0 Å². The van der Waals surface area contributed by atoms with Crippen LogP contribution in [0.1, 0.15) is 24.1 Å². The van der Waals surface area contributed by atoms with Crippen LogP contribution in [0.25, 0.3) is 0 Å². The van der Waals surface area contributed by atoms with Crippen LogP contribution in [-0.2, 0) is 6.42 Å². The first kappa shape index (κ1) is 9.62. The summed E-state index contributed by atoms with van der Waals surface area (Å²) in [4.78, 5) is 0. The van der Waals surface area contributed by atoms with Gasteiger partial charge < -0.3 is 5.73 Å². The highest BCUT2D eigenvalue weighted by atomic mass is 32.1. The largest absolute Gasteiger partial charge is 0.323 e. The van der Waals surface area contributed by atoms with Gasteiger partial charge in [-0.1, -0.05) is 31.2 Å². The molecular weight excluding hydrogens is 166 g/mol. The molecule has 0 saturated carbocycles. The predicted molar refractivity (Wildman–Crippen MR) is 56.6 cm³/mol. The minimum Gasteiger partial charge on any atom is -0.323 e. The molecule has 1 atom stereocenters. The highest BCUT2D eigenvalue weighted by Gasteiger charge is 2.01. The van der Waals surface area contributed by atoms with Crippen LogP contribution in [0, 0.1) is 0 Å². The van der Waals surface area contributed by atoms with Crippen molar-refractivity contribution in [2.45, 2.75) is 19.4 Å². The molecule has 0 aliphatic rings. The Kier molecular flexibility index (Phi) is 3.63. The van der Waals surface area contributed by atoms with E-state index in [9.17, 15) is 0 Å². The zero-order valence-corrected chi connectivity index (χ0v) is 8.22. The molecule has 1 unspecified atom stereocenters. The minimum absolute atomic E-state index is 0.0687. The maximum absolute atomic E-state index is 5.81. The van der Waals surface area contributed by atoms with Gasteiger partial charge in [0, 0.05) is 11.8 Å². The van der Waals surface area contributed by atoms with Crippen molar-refractivity contribution in [1.29, 1.82) is 0 Å². The molecule has 0 bridgehead atoms. The lowest BCUT2D eigenvalue weighted by molar-refractivity contribution is 0.833.